The molecule has 0 aromatic heterocycles. The molecule has 2 aliphatic heterocycles. The van der Waals surface area contributed by atoms with Crippen molar-refractivity contribution in [3.8, 4) is 11.5 Å². The van der Waals surface area contributed by atoms with Gasteiger partial charge < -0.3 is 19.5 Å². The zero-order chi connectivity index (χ0) is 22.7. The zero-order valence-corrected chi connectivity index (χ0v) is 18.6. The highest BCUT2D eigenvalue weighted by atomic mass is 35.5. The predicted octanol–water partition coefficient (Wildman–Crippen LogP) is 2.33. The van der Waals surface area contributed by atoms with Crippen molar-refractivity contribution in [2.45, 2.75) is 24.3 Å². The Bertz CT molecular complexity index is 1150. The van der Waals surface area contributed by atoms with E-state index in [4.69, 9.17) is 25.8 Å². The van der Waals surface area contributed by atoms with E-state index in [-0.39, 0.29) is 28.8 Å². The van der Waals surface area contributed by atoms with Gasteiger partial charge in [-0.25, -0.2) is 13.2 Å². The maximum Gasteiger partial charge on any atom is 0.338 e. The number of halogens is 1. The molecule has 1 fully saturated rings. The van der Waals surface area contributed by atoms with Crippen molar-refractivity contribution in [3.05, 3.63) is 52.5 Å². The lowest BCUT2D eigenvalue weighted by Crippen LogP contribution is -2.29. The van der Waals surface area contributed by atoms with Crippen LogP contribution < -0.4 is 14.8 Å². The van der Waals surface area contributed by atoms with Gasteiger partial charge in [-0.3, -0.25) is 4.79 Å². The predicted molar refractivity (Wildman–Crippen MR) is 114 cm³/mol. The number of esters is 1. The Labute approximate surface area is 190 Å². The molecule has 9 nitrogen and oxygen atoms in total. The first-order chi connectivity index (χ1) is 15.3. The fraction of sp³-hybridized carbons (Fsp3) is 0.333. The molecule has 0 spiro atoms. The number of nitrogens with zero attached hydrogens (tertiary/aromatic N) is 1. The fourth-order valence-corrected chi connectivity index (χ4v) is 5.43. The molecule has 11 heteroatoms. The van der Waals surface area contributed by atoms with Gasteiger partial charge in [0.05, 0.1) is 10.6 Å². The third-order valence-corrected chi connectivity index (χ3v) is 7.49. The Morgan fingerprint density at radius 3 is 2.59 bits per heavy atom. The molecule has 1 saturated heterocycles. The highest BCUT2D eigenvalue weighted by Crippen LogP contribution is 2.32. The molecule has 0 bridgehead atoms. The first kappa shape index (κ1) is 22.4. The van der Waals surface area contributed by atoms with E-state index >= 15 is 0 Å². The van der Waals surface area contributed by atoms with Gasteiger partial charge in [0.2, 0.25) is 16.8 Å². The van der Waals surface area contributed by atoms with Crippen LogP contribution in [0.1, 0.15) is 28.8 Å². The number of carbonyl (C=O) groups excluding carboxylic acids is 2. The van der Waals surface area contributed by atoms with E-state index in [0.29, 0.717) is 24.6 Å². The molecule has 32 heavy (non-hydrogen) atoms. The number of fused-ring (bicyclic) bond motifs is 1. The normalized spacial score (nSPS) is 15.5. The number of hydrogen-bond acceptors (Lipinski definition) is 7. The molecular formula is C21H21ClN2O7S. The minimum Gasteiger partial charge on any atom is -0.454 e. The van der Waals surface area contributed by atoms with Crippen molar-refractivity contribution in [1.82, 2.24) is 9.62 Å². The number of carbonyl (C=O) groups is 2. The SMILES string of the molecule is O=C(COC(=O)c1ccc(Cl)c(S(=O)(=O)N2CCCC2)c1)NCc1ccc2c(c1)OCO2. The first-order valence-electron chi connectivity index (χ1n) is 9.96. The van der Waals surface area contributed by atoms with E-state index in [1.807, 2.05) is 0 Å². The topological polar surface area (TPSA) is 111 Å². The van der Waals surface area contributed by atoms with Gasteiger partial charge in [0.1, 0.15) is 4.90 Å². The van der Waals surface area contributed by atoms with E-state index < -0.39 is 28.5 Å². The minimum atomic E-state index is -3.81. The second-order valence-corrected chi connectivity index (χ2v) is 9.61. The third-order valence-electron chi connectivity index (χ3n) is 5.11. The van der Waals surface area contributed by atoms with Gasteiger partial charge in [0, 0.05) is 19.6 Å². The molecule has 170 valence electrons. The van der Waals surface area contributed by atoms with Crippen molar-refractivity contribution < 1.29 is 32.2 Å². The van der Waals surface area contributed by atoms with E-state index in [2.05, 4.69) is 5.32 Å². The molecule has 2 aromatic rings. The smallest absolute Gasteiger partial charge is 0.338 e. The van der Waals surface area contributed by atoms with Crippen molar-refractivity contribution in [2.75, 3.05) is 26.5 Å². The summed E-state index contributed by atoms with van der Waals surface area (Å²) < 4.78 is 42.5. The van der Waals surface area contributed by atoms with E-state index in [1.54, 1.807) is 18.2 Å². The van der Waals surface area contributed by atoms with Gasteiger partial charge in [-0.2, -0.15) is 4.31 Å². The minimum absolute atomic E-state index is 0.00394. The van der Waals surface area contributed by atoms with E-state index in [1.165, 1.54) is 22.5 Å². The summed E-state index contributed by atoms with van der Waals surface area (Å²) in [7, 11) is -3.81. The average molecular weight is 481 g/mol. The highest BCUT2D eigenvalue weighted by molar-refractivity contribution is 7.89. The third kappa shape index (κ3) is 4.82. The van der Waals surface area contributed by atoms with Gasteiger partial charge >= 0.3 is 5.97 Å². The molecule has 0 saturated carbocycles. The van der Waals surface area contributed by atoms with Crippen LogP contribution in [0.2, 0.25) is 5.02 Å². The molecule has 4 rings (SSSR count). The summed E-state index contributed by atoms with van der Waals surface area (Å²) in [4.78, 5) is 24.3. The zero-order valence-electron chi connectivity index (χ0n) is 17.0. The van der Waals surface area contributed by atoms with Gasteiger partial charge in [-0.15, -0.1) is 0 Å². The summed E-state index contributed by atoms with van der Waals surface area (Å²) in [6.07, 6.45) is 1.56. The lowest BCUT2D eigenvalue weighted by molar-refractivity contribution is -0.124. The van der Waals surface area contributed by atoms with Gasteiger partial charge in [0.15, 0.2) is 18.1 Å². The molecule has 1 N–H and O–H groups in total. The molecule has 0 unspecified atom stereocenters. The summed E-state index contributed by atoms with van der Waals surface area (Å²) in [6, 6.07) is 9.17. The van der Waals surface area contributed by atoms with Crippen molar-refractivity contribution in [2.24, 2.45) is 0 Å². The summed E-state index contributed by atoms with van der Waals surface area (Å²) in [5, 5.41) is 2.67. The molecule has 0 atom stereocenters. The lowest BCUT2D eigenvalue weighted by Gasteiger charge is -2.17. The maximum atomic E-state index is 12.8. The highest BCUT2D eigenvalue weighted by Gasteiger charge is 2.30. The van der Waals surface area contributed by atoms with Crippen LogP contribution in [0.3, 0.4) is 0 Å². The fourth-order valence-electron chi connectivity index (χ4n) is 3.41. The summed E-state index contributed by atoms with van der Waals surface area (Å²) in [6.45, 7) is 0.688. The number of benzene rings is 2. The maximum absolute atomic E-state index is 12.8. The van der Waals surface area contributed by atoms with Crippen molar-refractivity contribution in [3.63, 3.8) is 0 Å². The van der Waals surface area contributed by atoms with Crippen LogP contribution in [-0.4, -0.2) is 51.1 Å². The number of ether oxygens (including phenoxy) is 3. The largest absolute Gasteiger partial charge is 0.454 e. The number of hydrogen-bond donors (Lipinski definition) is 1. The molecular weight excluding hydrogens is 460 g/mol. The number of sulfonamides is 1. The van der Waals surface area contributed by atoms with Crippen LogP contribution in [-0.2, 0) is 26.1 Å². The summed E-state index contributed by atoms with van der Waals surface area (Å²) >= 11 is 6.09. The van der Waals surface area contributed by atoms with Crippen LogP contribution in [0.25, 0.3) is 0 Å². The van der Waals surface area contributed by atoms with Crippen molar-refractivity contribution in [1.29, 1.82) is 0 Å². The lowest BCUT2D eigenvalue weighted by atomic mass is 10.2. The number of amides is 1. The van der Waals surface area contributed by atoms with Gasteiger partial charge in [-0.1, -0.05) is 17.7 Å². The second-order valence-electron chi connectivity index (χ2n) is 7.30. The summed E-state index contributed by atoms with van der Waals surface area (Å²) in [5.74, 6) is -0.0821. The molecule has 0 radical (unpaired) electrons. The van der Waals surface area contributed by atoms with Crippen LogP contribution in [0.15, 0.2) is 41.3 Å². The van der Waals surface area contributed by atoms with Crippen molar-refractivity contribution >= 4 is 33.5 Å². The quantitative estimate of drug-likeness (QED) is 0.605. The monoisotopic (exact) mass is 480 g/mol. The second kappa shape index (κ2) is 9.35. The Balaban J connectivity index is 1.34. The standard InChI is InChI=1S/C21H21ClN2O7S/c22-16-5-4-15(10-19(16)32(27,28)24-7-1-2-8-24)21(26)29-12-20(25)23-11-14-3-6-17-18(9-14)31-13-30-17/h3-6,9-10H,1-2,7-8,11-13H2,(H,23,25). The molecule has 2 aliphatic rings. The van der Waals surface area contributed by atoms with Gasteiger partial charge in [-0.05, 0) is 48.7 Å². The van der Waals surface area contributed by atoms with Crippen LogP contribution in [0.4, 0.5) is 0 Å². The van der Waals surface area contributed by atoms with Crippen LogP contribution >= 0.6 is 11.6 Å². The van der Waals surface area contributed by atoms with E-state index in [9.17, 15) is 18.0 Å². The van der Waals surface area contributed by atoms with Gasteiger partial charge in [0.25, 0.3) is 5.91 Å². The number of rotatable bonds is 7. The van der Waals surface area contributed by atoms with E-state index in [0.717, 1.165) is 18.4 Å². The van der Waals surface area contributed by atoms with Crippen LogP contribution in [0, 0.1) is 0 Å². The Morgan fingerprint density at radius 2 is 1.81 bits per heavy atom. The van der Waals surface area contributed by atoms with Crippen LogP contribution in [0.5, 0.6) is 11.5 Å². The molecule has 2 aromatic carbocycles. The Hall–Kier alpha value is -2.82. The number of nitrogens with one attached hydrogen (secondary N) is 1. The Kier molecular flexibility index (Phi) is 6.54. The summed E-state index contributed by atoms with van der Waals surface area (Å²) in [5.41, 5.74) is 0.791. The first-order valence-corrected chi connectivity index (χ1v) is 11.8. The molecule has 2 heterocycles. The average Bonchev–Trinajstić information content (AvgIpc) is 3.48. The Morgan fingerprint density at radius 1 is 1.06 bits per heavy atom. The molecule has 1 amide bonds. The molecule has 0 aliphatic carbocycles.